The third-order valence-corrected chi connectivity index (χ3v) is 4.25. The number of halogens is 1. The molecular weight excluding hydrogens is 320 g/mol. The summed E-state index contributed by atoms with van der Waals surface area (Å²) in [5.41, 5.74) is 2.84. The molecule has 3 aromatic rings. The van der Waals surface area contributed by atoms with Crippen LogP contribution in [0.4, 0.5) is 0 Å². The number of hydrogen-bond acceptors (Lipinski definition) is 4. The average molecular weight is 333 g/mol. The Morgan fingerprint density at radius 3 is 2.59 bits per heavy atom. The summed E-state index contributed by atoms with van der Waals surface area (Å²) in [6.45, 7) is 1.74. The third-order valence-electron chi connectivity index (χ3n) is 3.29. The van der Waals surface area contributed by atoms with E-state index in [2.05, 4.69) is 20.7 Å². The van der Waals surface area contributed by atoms with Crippen molar-refractivity contribution in [2.45, 2.75) is 13.0 Å². The molecule has 0 aliphatic heterocycles. The Bertz CT molecular complexity index is 767. The molecule has 0 saturated carbocycles. The topological polar surface area (TPSA) is 70.7 Å². The number of nitrogens with one attached hydrogen (secondary N) is 2. The Hall–Kier alpha value is -2.18. The number of thiophene rings is 1. The minimum atomic E-state index is -0.266. The fraction of sp³-hybridized carbons (Fsp3) is 0.133. The van der Waals surface area contributed by atoms with Crippen molar-refractivity contribution >= 4 is 28.8 Å². The predicted octanol–water partition coefficient (Wildman–Crippen LogP) is 3.35. The predicted molar refractivity (Wildman–Crippen MR) is 86.2 cm³/mol. The van der Waals surface area contributed by atoms with Gasteiger partial charge in [-0.15, -0.1) is 0 Å². The molecule has 22 heavy (non-hydrogen) atoms. The second-order valence-corrected chi connectivity index (χ2v) is 5.99. The van der Waals surface area contributed by atoms with E-state index in [9.17, 15) is 4.79 Å². The number of aromatic amines is 1. The first kappa shape index (κ1) is 14.7. The summed E-state index contributed by atoms with van der Waals surface area (Å²) in [6, 6.07) is 9.15. The Balaban J connectivity index is 1.91. The van der Waals surface area contributed by atoms with Crippen LogP contribution in [0.5, 0.6) is 0 Å². The van der Waals surface area contributed by atoms with Crippen LogP contribution in [-0.4, -0.2) is 21.3 Å². The van der Waals surface area contributed by atoms with Crippen LogP contribution >= 0.6 is 22.9 Å². The number of amides is 1. The number of rotatable bonds is 4. The Morgan fingerprint density at radius 1 is 1.23 bits per heavy atom. The van der Waals surface area contributed by atoms with Gasteiger partial charge in [-0.05, 0) is 47.0 Å². The zero-order chi connectivity index (χ0) is 15.5. The standard InChI is InChI=1S/C15H13ClN4OS/c1-9-13(19-20-18-9)15(21)17-14(11-6-7-22-8-11)10-2-4-12(16)5-3-10/h2-8,14H,1H3,(H,17,21)(H,18,19,20)/t14-/m1/s1. The highest BCUT2D eigenvalue weighted by Gasteiger charge is 2.21. The summed E-state index contributed by atoms with van der Waals surface area (Å²) < 4.78 is 0. The molecule has 1 amide bonds. The average Bonchev–Trinajstić information content (AvgIpc) is 3.17. The van der Waals surface area contributed by atoms with Gasteiger partial charge in [0, 0.05) is 5.02 Å². The van der Waals surface area contributed by atoms with Gasteiger partial charge in [0.15, 0.2) is 5.69 Å². The molecule has 112 valence electrons. The van der Waals surface area contributed by atoms with E-state index in [-0.39, 0.29) is 11.9 Å². The van der Waals surface area contributed by atoms with Gasteiger partial charge in [0.25, 0.3) is 5.91 Å². The van der Waals surface area contributed by atoms with Crippen LogP contribution in [0, 0.1) is 6.92 Å². The Kier molecular flexibility index (Phi) is 4.22. The van der Waals surface area contributed by atoms with Crippen LogP contribution in [0.2, 0.25) is 5.02 Å². The van der Waals surface area contributed by atoms with Gasteiger partial charge in [-0.1, -0.05) is 23.7 Å². The van der Waals surface area contributed by atoms with E-state index >= 15 is 0 Å². The molecule has 0 saturated heterocycles. The van der Waals surface area contributed by atoms with Crippen LogP contribution in [0.15, 0.2) is 41.1 Å². The first-order chi connectivity index (χ1) is 10.6. The van der Waals surface area contributed by atoms with Gasteiger partial charge in [-0.3, -0.25) is 4.79 Å². The van der Waals surface area contributed by atoms with E-state index in [1.54, 1.807) is 18.3 Å². The molecule has 0 bridgehead atoms. The fourth-order valence-corrected chi connectivity index (χ4v) is 2.96. The van der Waals surface area contributed by atoms with Gasteiger partial charge in [0.1, 0.15) is 0 Å². The van der Waals surface area contributed by atoms with Crippen molar-refractivity contribution in [2.24, 2.45) is 0 Å². The van der Waals surface area contributed by atoms with Crippen LogP contribution < -0.4 is 5.32 Å². The molecule has 2 aromatic heterocycles. The fourth-order valence-electron chi connectivity index (χ4n) is 2.15. The van der Waals surface area contributed by atoms with Crippen molar-refractivity contribution < 1.29 is 4.79 Å². The highest BCUT2D eigenvalue weighted by Crippen LogP contribution is 2.25. The zero-order valence-corrected chi connectivity index (χ0v) is 13.3. The normalized spacial score (nSPS) is 12.1. The lowest BCUT2D eigenvalue weighted by Crippen LogP contribution is -2.29. The maximum absolute atomic E-state index is 12.4. The lowest BCUT2D eigenvalue weighted by molar-refractivity contribution is 0.0937. The number of H-pyrrole nitrogens is 1. The number of nitrogens with zero attached hydrogens (tertiary/aromatic N) is 2. The van der Waals surface area contributed by atoms with E-state index in [1.807, 2.05) is 41.1 Å². The molecule has 0 spiro atoms. The number of carbonyl (C=O) groups excluding carboxylic acids is 1. The molecule has 0 fully saturated rings. The third kappa shape index (κ3) is 3.03. The van der Waals surface area contributed by atoms with E-state index in [0.717, 1.165) is 11.1 Å². The second kappa shape index (κ2) is 6.29. The summed E-state index contributed by atoms with van der Waals surface area (Å²) in [5.74, 6) is -0.266. The zero-order valence-electron chi connectivity index (χ0n) is 11.7. The molecule has 7 heteroatoms. The van der Waals surface area contributed by atoms with Crippen molar-refractivity contribution in [3.05, 3.63) is 68.6 Å². The maximum atomic E-state index is 12.4. The number of carbonyl (C=O) groups is 1. The van der Waals surface area contributed by atoms with Gasteiger partial charge in [0.05, 0.1) is 11.7 Å². The lowest BCUT2D eigenvalue weighted by Gasteiger charge is -2.18. The highest BCUT2D eigenvalue weighted by atomic mass is 35.5. The number of hydrogen-bond donors (Lipinski definition) is 2. The summed E-state index contributed by atoms with van der Waals surface area (Å²) in [4.78, 5) is 12.4. The van der Waals surface area contributed by atoms with Gasteiger partial charge >= 0.3 is 0 Å². The Morgan fingerprint density at radius 2 is 2.00 bits per heavy atom. The summed E-state index contributed by atoms with van der Waals surface area (Å²) in [7, 11) is 0. The van der Waals surface area contributed by atoms with E-state index < -0.39 is 0 Å². The number of benzene rings is 1. The van der Waals surface area contributed by atoms with Gasteiger partial charge in [0.2, 0.25) is 0 Å². The minimum Gasteiger partial charge on any atom is -0.340 e. The molecule has 1 atom stereocenters. The van der Waals surface area contributed by atoms with Gasteiger partial charge in [-0.2, -0.15) is 26.7 Å². The smallest absolute Gasteiger partial charge is 0.274 e. The van der Waals surface area contributed by atoms with E-state index in [0.29, 0.717) is 16.4 Å². The van der Waals surface area contributed by atoms with Crippen LogP contribution in [0.1, 0.15) is 33.4 Å². The number of aromatic nitrogens is 3. The molecule has 5 nitrogen and oxygen atoms in total. The van der Waals surface area contributed by atoms with Crippen molar-refractivity contribution in [3.63, 3.8) is 0 Å². The first-order valence-corrected chi connectivity index (χ1v) is 7.93. The summed E-state index contributed by atoms with van der Waals surface area (Å²) in [5, 5.41) is 17.9. The molecule has 0 radical (unpaired) electrons. The van der Waals surface area contributed by atoms with E-state index in [4.69, 9.17) is 11.6 Å². The SMILES string of the molecule is Cc1n[nH]nc1C(=O)N[C@H](c1ccc(Cl)cc1)c1ccsc1. The quantitative estimate of drug-likeness (QED) is 0.769. The molecule has 0 aliphatic rings. The molecule has 2 heterocycles. The van der Waals surface area contributed by atoms with Crippen molar-refractivity contribution in [3.8, 4) is 0 Å². The molecular formula is C15H13ClN4OS. The summed E-state index contributed by atoms with van der Waals surface area (Å²) >= 11 is 7.52. The van der Waals surface area contributed by atoms with Crippen molar-refractivity contribution in [1.82, 2.24) is 20.7 Å². The molecule has 2 N–H and O–H groups in total. The van der Waals surface area contributed by atoms with Gasteiger partial charge in [-0.25, -0.2) is 0 Å². The van der Waals surface area contributed by atoms with Gasteiger partial charge < -0.3 is 5.32 Å². The van der Waals surface area contributed by atoms with Crippen molar-refractivity contribution in [1.29, 1.82) is 0 Å². The highest BCUT2D eigenvalue weighted by molar-refractivity contribution is 7.08. The second-order valence-electron chi connectivity index (χ2n) is 4.77. The monoisotopic (exact) mass is 332 g/mol. The van der Waals surface area contributed by atoms with E-state index in [1.165, 1.54) is 0 Å². The molecule has 0 unspecified atom stereocenters. The van der Waals surface area contributed by atoms with Crippen LogP contribution in [0.3, 0.4) is 0 Å². The molecule has 1 aromatic carbocycles. The van der Waals surface area contributed by atoms with Crippen LogP contribution in [0.25, 0.3) is 0 Å². The van der Waals surface area contributed by atoms with Crippen LogP contribution in [-0.2, 0) is 0 Å². The first-order valence-electron chi connectivity index (χ1n) is 6.61. The Labute approximate surface area is 136 Å². The molecule has 0 aliphatic carbocycles. The largest absolute Gasteiger partial charge is 0.340 e. The lowest BCUT2D eigenvalue weighted by atomic mass is 10.0. The number of aryl methyl sites for hydroxylation is 1. The molecule has 3 rings (SSSR count). The van der Waals surface area contributed by atoms with Crippen molar-refractivity contribution in [2.75, 3.05) is 0 Å². The summed E-state index contributed by atoms with van der Waals surface area (Å²) in [6.07, 6.45) is 0. The maximum Gasteiger partial charge on any atom is 0.274 e. The minimum absolute atomic E-state index is 0.257.